The van der Waals surface area contributed by atoms with Crippen molar-refractivity contribution in [2.24, 2.45) is 0 Å². The summed E-state index contributed by atoms with van der Waals surface area (Å²) in [5, 5.41) is 1.96. The van der Waals surface area contributed by atoms with Crippen LogP contribution in [0.25, 0.3) is 55.8 Å². The Hall–Kier alpha value is -4.34. The van der Waals surface area contributed by atoms with Gasteiger partial charge in [-0.25, -0.2) is 4.98 Å². The van der Waals surface area contributed by atoms with E-state index in [0.717, 1.165) is 33.0 Å². The lowest BCUT2D eigenvalue weighted by atomic mass is 9.97. The van der Waals surface area contributed by atoms with Gasteiger partial charge in [-0.2, -0.15) is 9.97 Å². The van der Waals surface area contributed by atoms with E-state index >= 15 is 0 Å². The van der Waals surface area contributed by atoms with Crippen molar-refractivity contribution < 1.29 is 6.85 Å². The van der Waals surface area contributed by atoms with E-state index in [1.165, 1.54) is 0 Å². The van der Waals surface area contributed by atoms with Gasteiger partial charge in [0.1, 0.15) is 0 Å². The van der Waals surface area contributed by atoms with Crippen LogP contribution in [-0.4, -0.2) is 15.0 Å². The summed E-state index contributed by atoms with van der Waals surface area (Å²) < 4.78 is 40.4. The molecule has 0 bridgehead atoms. The molecule has 0 amide bonds. The monoisotopic (exact) mass is 474 g/mol. The largest absolute Gasteiger partial charge is 0.226 e. The highest BCUT2D eigenvalue weighted by Gasteiger charge is 2.11. The summed E-state index contributed by atoms with van der Waals surface area (Å²) in [7, 11) is 0. The maximum absolute atomic E-state index is 8.30. The van der Waals surface area contributed by atoms with E-state index in [0.29, 0.717) is 17.2 Å². The number of hydrogen-bond donors (Lipinski definition) is 0. The Labute approximate surface area is 215 Å². The third-order valence-corrected chi connectivity index (χ3v) is 5.89. The van der Waals surface area contributed by atoms with Crippen LogP contribution in [0.15, 0.2) is 121 Å². The van der Waals surface area contributed by atoms with Crippen molar-refractivity contribution in [3.05, 3.63) is 126 Å². The van der Waals surface area contributed by atoms with Crippen LogP contribution < -0.4 is 0 Å². The highest BCUT2D eigenvalue weighted by Crippen LogP contribution is 2.30. The first-order valence-corrected chi connectivity index (χ1v) is 11.4. The Bertz CT molecular complexity index is 1900. The smallest absolute Gasteiger partial charge is 0.208 e. The summed E-state index contributed by atoms with van der Waals surface area (Å²) in [4.78, 5) is 13.3. The minimum Gasteiger partial charge on any atom is -0.208 e. The number of benzene rings is 5. The molecule has 0 radical (unpaired) electrons. The summed E-state index contributed by atoms with van der Waals surface area (Å²) in [5.74, 6) is 0.978. The number of fused-ring (bicyclic) bond motifs is 1. The zero-order chi connectivity index (χ0) is 28.0. The third kappa shape index (κ3) is 4.42. The van der Waals surface area contributed by atoms with Crippen molar-refractivity contribution in [2.75, 3.05) is 0 Å². The Kier molecular flexibility index (Phi) is 4.26. The Morgan fingerprint density at radius 3 is 1.77 bits per heavy atom. The molecule has 0 atom stereocenters. The van der Waals surface area contributed by atoms with Gasteiger partial charge in [-0.05, 0) is 62.8 Å². The molecule has 0 aliphatic heterocycles. The third-order valence-electron chi connectivity index (χ3n) is 5.72. The van der Waals surface area contributed by atoms with Crippen LogP contribution in [0.3, 0.4) is 0 Å². The van der Waals surface area contributed by atoms with Gasteiger partial charge < -0.3 is 0 Å². The highest BCUT2D eigenvalue weighted by atomic mass is 35.5. The van der Waals surface area contributed by atoms with Gasteiger partial charge in [0.05, 0.1) is 6.85 Å². The molecule has 1 heterocycles. The first-order chi connectivity index (χ1) is 19.3. The Balaban J connectivity index is 1.38. The lowest BCUT2D eigenvalue weighted by molar-refractivity contribution is 1.07. The molecule has 0 N–H and O–H groups in total. The number of aromatic nitrogens is 3. The first kappa shape index (κ1) is 16.3. The average Bonchev–Trinajstić information content (AvgIpc) is 2.99. The maximum Gasteiger partial charge on any atom is 0.226 e. The molecule has 0 saturated carbocycles. The predicted octanol–water partition coefficient (Wildman–Crippen LogP) is 8.35. The van der Waals surface area contributed by atoms with Crippen LogP contribution in [0.5, 0.6) is 0 Å². The van der Waals surface area contributed by atoms with Gasteiger partial charge in [0.15, 0.2) is 11.6 Å². The molecule has 0 unspecified atom stereocenters. The summed E-state index contributed by atoms with van der Waals surface area (Å²) in [6.07, 6.45) is 0. The zero-order valence-corrected chi connectivity index (χ0v) is 19.1. The quantitative estimate of drug-likeness (QED) is 0.257. The minimum absolute atomic E-state index is 0.120. The molecule has 0 fully saturated rings. The normalized spacial score (nSPS) is 13.0. The molecule has 3 nitrogen and oxygen atoms in total. The van der Waals surface area contributed by atoms with Gasteiger partial charge in [-0.1, -0.05) is 103 Å². The van der Waals surface area contributed by atoms with Gasteiger partial charge in [0.25, 0.3) is 0 Å². The topological polar surface area (TPSA) is 38.7 Å². The molecule has 0 saturated heterocycles. The summed E-state index contributed by atoms with van der Waals surface area (Å²) in [5.41, 5.74) is 4.35. The fraction of sp³-hybridized carbons (Fsp3) is 0. The van der Waals surface area contributed by atoms with E-state index in [4.69, 9.17) is 18.5 Å². The molecule has 35 heavy (non-hydrogen) atoms. The number of hydrogen-bond acceptors (Lipinski definition) is 3. The molecule has 5 aromatic carbocycles. The molecule has 166 valence electrons. The van der Waals surface area contributed by atoms with Gasteiger partial charge in [-0.3, -0.25) is 0 Å². The van der Waals surface area contributed by atoms with Crippen LogP contribution in [0.4, 0.5) is 0 Å². The second kappa shape index (κ2) is 9.13. The zero-order valence-electron chi connectivity index (χ0n) is 23.4. The summed E-state index contributed by atoms with van der Waals surface area (Å²) in [6, 6.07) is 27.5. The molecule has 0 spiro atoms. The standard InChI is InChI=1S/C31H20ClN3/c32-31-34-29(22-10-5-2-6-11-22)33-30(35-31)28-13-7-12-23(20-28)25-16-17-26-18-24(14-15-27(26)19-25)21-8-3-1-4-9-21/h1-20H/i1D,3D,4D,8D,9D. The van der Waals surface area contributed by atoms with E-state index in [9.17, 15) is 0 Å². The summed E-state index contributed by atoms with van der Waals surface area (Å²) >= 11 is 6.26. The number of halogens is 1. The fourth-order valence-corrected chi connectivity index (χ4v) is 4.17. The van der Waals surface area contributed by atoms with E-state index in [-0.39, 0.29) is 35.0 Å². The molecule has 6 rings (SSSR count). The predicted molar refractivity (Wildman–Crippen MR) is 144 cm³/mol. The maximum atomic E-state index is 8.30. The SMILES string of the molecule is [2H]c1c([2H])c([2H])c(-c2ccc3cc(-c4cccc(-c5nc(Cl)nc(-c6ccccc6)n5)c4)ccc3c2)c([2H])c1[2H]. The van der Waals surface area contributed by atoms with Crippen LogP contribution >= 0.6 is 11.6 Å². The van der Waals surface area contributed by atoms with Gasteiger partial charge in [-0.15, -0.1) is 0 Å². The Morgan fingerprint density at radius 2 is 1.06 bits per heavy atom. The van der Waals surface area contributed by atoms with Gasteiger partial charge in [0, 0.05) is 11.1 Å². The molecular formula is C31H20ClN3. The van der Waals surface area contributed by atoms with Crippen molar-refractivity contribution in [3.63, 3.8) is 0 Å². The Morgan fingerprint density at radius 1 is 0.486 bits per heavy atom. The number of nitrogens with zero attached hydrogens (tertiary/aromatic N) is 3. The van der Waals surface area contributed by atoms with Crippen molar-refractivity contribution >= 4 is 22.4 Å². The van der Waals surface area contributed by atoms with E-state index in [1.807, 2.05) is 78.9 Å². The highest BCUT2D eigenvalue weighted by molar-refractivity contribution is 6.28. The molecular weight excluding hydrogens is 450 g/mol. The van der Waals surface area contributed by atoms with E-state index < -0.39 is 6.04 Å². The van der Waals surface area contributed by atoms with Gasteiger partial charge >= 0.3 is 0 Å². The molecule has 0 aliphatic carbocycles. The molecule has 0 aliphatic rings. The van der Waals surface area contributed by atoms with Gasteiger partial charge in [0.2, 0.25) is 5.28 Å². The molecule has 4 heteroatoms. The summed E-state index contributed by atoms with van der Waals surface area (Å²) in [6.45, 7) is 0. The molecule has 1 aromatic heterocycles. The van der Waals surface area contributed by atoms with Crippen molar-refractivity contribution in [3.8, 4) is 45.0 Å². The second-order valence-corrected chi connectivity index (χ2v) is 8.31. The van der Waals surface area contributed by atoms with E-state index in [2.05, 4.69) is 21.0 Å². The number of rotatable bonds is 4. The van der Waals surface area contributed by atoms with Crippen LogP contribution in [0.1, 0.15) is 6.85 Å². The average molecular weight is 475 g/mol. The van der Waals surface area contributed by atoms with Crippen LogP contribution in [-0.2, 0) is 0 Å². The van der Waals surface area contributed by atoms with Crippen molar-refractivity contribution in [1.82, 2.24) is 15.0 Å². The van der Waals surface area contributed by atoms with Crippen molar-refractivity contribution in [1.29, 1.82) is 0 Å². The van der Waals surface area contributed by atoms with Crippen LogP contribution in [0.2, 0.25) is 5.28 Å². The van der Waals surface area contributed by atoms with E-state index in [1.54, 1.807) is 6.07 Å². The fourth-order valence-electron chi connectivity index (χ4n) is 4.01. The second-order valence-electron chi connectivity index (χ2n) is 7.98. The van der Waals surface area contributed by atoms with Crippen molar-refractivity contribution in [2.45, 2.75) is 0 Å². The lowest BCUT2D eigenvalue weighted by Crippen LogP contribution is -1.97. The minimum atomic E-state index is -0.401. The van der Waals surface area contributed by atoms with Crippen LogP contribution in [0, 0.1) is 0 Å². The first-order valence-electron chi connectivity index (χ1n) is 13.5. The lowest BCUT2D eigenvalue weighted by Gasteiger charge is -2.09. The molecule has 6 aromatic rings.